The number of nitrogens with two attached hydrogens (primary N) is 1. The van der Waals surface area contributed by atoms with Crippen LogP contribution in [0.1, 0.15) is 37.7 Å². The van der Waals surface area contributed by atoms with Gasteiger partial charge in [0, 0.05) is 11.6 Å². The maximum Gasteiger partial charge on any atom is 0.142 e. The number of aromatic nitrogens is 1. The van der Waals surface area contributed by atoms with Gasteiger partial charge in [0.25, 0.3) is 0 Å². The normalized spacial score (nSPS) is 18.4. The maximum absolute atomic E-state index is 5.71. The van der Waals surface area contributed by atoms with E-state index < -0.39 is 0 Å². The van der Waals surface area contributed by atoms with Gasteiger partial charge >= 0.3 is 0 Å². The van der Waals surface area contributed by atoms with E-state index in [4.69, 9.17) is 5.73 Å². The number of anilines is 2. The van der Waals surface area contributed by atoms with Gasteiger partial charge in [0.05, 0.1) is 0 Å². The first-order chi connectivity index (χ1) is 6.77. The Morgan fingerprint density at radius 2 is 2.07 bits per heavy atom. The second-order valence-electron chi connectivity index (χ2n) is 4.00. The van der Waals surface area contributed by atoms with Crippen LogP contribution in [0.15, 0.2) is 0 Å². The Morgan fingerprint density at radius 3 is 2.64 bits per heavy atom. The second-order valence-corrected chi connectivity index (χ2v) is 4.77. The highest BCUT2D eigenvalue weighted by Crippen LogP contribution is 2.29. The number of hydrogen-bond donors (Lipinski definition) is 2. The van der Waals surface area contributed by atoms with E-state index in [2.05, 4.69) is 9.69 Å². The van der Waals surface area contributed by atoms with E-state index >= 15 is 0 Å². The molecule has 0 radical (unpaired) electrons. The van der Waals surface area contributed by atoms with Crippen molar-refractivity contribution in [2.24, 2.45) is 0 Å². The van der Waals surface area contributed by atoms with E-state index in [0.717, 1.165) is 10.6 Å². The number of nitrogens with zero attached hydrogens (tertiary/aromatic N) is 1. The highest BCUT2D eigenvalue weighted by atomic mass is 32.1. The van der Waals surface area contributed by atoms with Gasteiger partial charge in [-0.05, 0) is 31.3 Å². The molecule has 78 valence electrons. The molecule has 3 N–H and O–H groups in total. The zero-order valence-electron chi connectivity index (χ0n) is 8.55. The molecule has 0 aromatic carbocycles. The molecule has 14 heavy (non-hydrogen) atoms. The molecule has 0 amide bonds. The Labute approximate surface area is 88.9 Å². The molecule has 1 aliphatic carbocycles. The van der Waals surface area contributed by atoms with Crippen LogP contribution in [-0.4, -0.2) is 10.4 Å². The Hall–Kier alpha value is -0.770. The first-order valence-corrected chi connectivity index (χ1v) is 6.03. The van der Waals surface area contributed by atoms with Crippen molar-refractivity contribution in [3.8, 4) is 0 Å². The highest BCUT2D eigenvalue weighted by molar-refractivity contribution is 7.10. The Bertz CT molecular complexity index is 302. The third kappa shape index (κ3) is 2.00. The summed E-state index contributed by atoms with van der Waals surface area (Å²) >= 11 is 1.48. The predicted molar refractivity (Wildman–Crippen MR) is 61.8 cm³/mol. The van der Waals surface area contributed by atoms with E-state index in [-0.39, 0.29) is 0 Å². The number of hydrogen-bond acceptors (Lipinski definition) is 4. The van der Waals surface area contributed by atoms with Gasteiger partial charge in [-0.25, -0.2) is 0 Å². The van der Waals surface area contributed by atoms with Crippen LogP contribution in [0.2, 0.25) is 0 Å². The minimum atomic E-state index is 0.641. The highest BCUT2D eigenvalue weighted by Gasteiger charge is 2.15. The van der Waals surface area contributed by atoms with Crippen molar-refractivity contribution in [2.45, 2.75) is 45.1 Å². The van der Waals surface area contributed by atoms with Crippen LogP contribution in [-0.2, 0) is 0 Å². The summed E-state index contributed by atoms with van der Waals surface area (Å²) in [6.45, 7) is 2.03. The summed E-state index contributed by atoms with van der Waals surface area (Å²) < 4.78 is 4.14. The molecular formula is C10H17N3S. The van der Waals surface area contributed by atoms with Gasteiger partial charge in [0.2, 0.25) is 0 Å². The van der Waals surface area contributed by atoms with Crippen molar-refractivity contribution in [3.05, 3.63) is 5.56 Å². The summed E-state index contributed by atoms with van der Waals surface area (Å²) in [6, 6.07) is 0.641. The zero-order valence-corrected chi connectivity index (χ0v) is 9.36. The van der Waals surface area contributed by atoms with Crippen LogP contribution in [0.4, 0.5) is 10.8 Å². The minimum Gasteiger partial charge on any atom is -0.383 e. The van der Waals surface area contributed by atoms with Crippen molar-refractivity contribution in [3.63, 3.8) is 0 Å². The number of nitrogens with one attached hydrogen (secondary N) is 1. The summed E-state index contributed by atoms with van der Waals surface area (Å²) in [5.41, 5.74) is 6.82. The van der Waals surface area contributed by atoms with Crippen LogP contribution in [0, 0.1) is 6.92 Å². The largest absolute Gasteiger partial charge is 0.383 e. The molecule has 0 saturated heterocycles. The van der Waals surface area contributed by atoms with Gasteiger partial charge in [-0.15, -0.1) is 0 Å². The average molecular weight is 211 g/mol. The Kier molecular flexibility index (Phi) is 2.91. The van der Waals surface area contributed by atoms with Crippen molar-refractivity contribution >= 4 is 22.4 Å². The topological polar surface area (TPSA) is 50.9 Å². The van der Waals surface area contributed by atoms with Crippen molar-refractivity contribution in [1.29, 1.82) is 0 Å². The summed E-state index contributed by atoms with van der Waals surface area (Å²) in [7, 11) is 0. The van der Waals surface area contributed by atoms with Crippen molar-refractivity contribution in [2.75, 3.05) is 11.1 Å². The molecule has 4 heteroatoms. The molecule has 0 bridgehead atoms. The van der Waals surface area contributed by atoms with Gasteiger partial charge in [0.1, 0.15) is 10.8 Å². The molecule has 2 rings (SSSR count). The molecule has 1 aromatic heterocycles. The first kappa shape index (κ1) is 9.77. The summed E-state index contributed by atoms with van der Waals surface area (Å²) in [4.78, 5) is 0. The van der Waals surface area contributed by atoms with Gasteiger partial charge in [-0.1, -0.05) is 19.3 Å². The van der Waals surface area contributed by atoms with E-state index in [1.165, 1.54) is 43.6 Å². The summed E-state index contributed by atoms with van der Waals surface area (Å²) in [5.74, 6) is 0.674. The maximum atomic E-state index is 5.71. The lowest BCUT2D eigenvalue weighted by Crippen LogP contribution is -2.21. The van der Waals surface area contributed by atoms with E-state index in [9.17, 15) is 0 Å². The molecule has 3 nitrogen and oxygen atoms in total. The smallest absolute Gasteiger partial charge is 0.142 e. The molecule has 0 atom stereocenters. The molecule has 0 unspecified atom stereocenters. The van der Waals surface area contributed by atoms with Gasteiger partial charge < -0.3 is 11.1 Å². The Morgan fingerprint density at radius 1 is 1.36 bits per heavy atom. The molecule has 1 saturated carbocycles. The monoisotopic (exact) mass is 211 g/mol. The van der Waals surface area contributed by atoms with Crippen LogP contribution < -0.4 is 11.1 Å². The number of rotatable bonds is 2. The van der Waals surface area contributed by atoms with E-state index in [0.29, 0.717) is 11.9 Å². The van der Waals surface area contributed by atoms with Crippen LogP contribution in [0.5, 0.6) is 0 Å². The fourth-order valence-electron chi connectivity index (χ4n) is 1.91. The average Bonchev–Trinajstić information content (AvgIpc) is 2.52. The standard InChI is InChI=1S/C10H17N3S/c1-7-9(11)13-14-10(7)12-8-5-3-2-4-6-8/h8,12H,2-6H2,1H3,(H2,11,13). The molecule has 0 spiro atoms. The van der Waals surface area contributed by atoms with E-state index in [1.54, 1.807) is 0 Å². The lowest BCUT2D eigenvalue weighted by molar-refractivity contribution is 0.463. The van der Waals surface area contributed by atoms with Crippen molar-refractivity contribution in [1.82, 2.24) is 4.37 Å². The SMILES string of the molecule is Cc1c(N)nsc1NC1CCCCC1. The summed E-state index contributed by atoms with van der Waals surface area (Å²) in [6.07, 6.45) is 6.67. The summed E-state index contributed by atoms with van der Waals surface area (Å²) in [5, 5.41) is 4.71. The van der Waals surface area contributed by atoms with Gasteiger partial charge in [0.15, 0.2) is 0 Å². The fourth-order valence-corrected chi connectivity index (χ4v) is 2.70. The zero-order chi connectivity index (χ0) is 9.97. The lowest BCUT2D eigenvalue weighted by Gasteiger charge is -2.23. The van der Waals surface area contributed by atoms with Crippen LogP contribution in [0.3, 0.4) is 0 Å². The predicted octanol–water partition coefficient (Wildman–Crippen LogP) is 2.78. The van der Waals surface area contributed by atoms with E-state index in [1.807, 2.05) is 6.92 Å². The van der Waals surface area contributed by atoms with Gasteiger partial charge in [-0.3, -0.25) is 0 Å². The van der Waals surface area contributed by atoms with Crippen molar-refractivity contribution < 1.29 is 0 Å². The molecule has 1 fully saturated rings. The third-order valence-corrected chi connectivity index (χ3v) is 3.80. The van der Waals surface area contributed by atoms with Crippen LogP contribution >= 0.6 is 11.5 Å². The second kappa shape index (κ2) is 4.17. The van der Waals surface area contributed by atoms with Crippen LogP contribution in [0.25, 0.3) is 0 Å². The molecule has 0 aliphatic heterocycles. The molecule has 1 heterocycles. The lowest BCUT2D eigenvalue weighted by atomic mass is 9.95. The minimum absolute atomic E-state index is 0.641. The molecule has 1 aliphatic rings. The third-order valence-electron chi connectivity index (χ3n) is 2.90. The first-order valence-electron chi connectivity index (χ1n) is 5.25. The quantitative estimate of drug-likeness (QED) is 0.791. The molecular weight excluding hydrogens is 194 g/mol. The number of nitrogen functional groups attached to an aromatic ring is 1. The Balaban J connectivity index is 1.99. The molecule has 1 aromatic rings. The van der Waals surface area contributed by atoms with Gasteiger partial charge in [-0.2, -0.15) is 4.37 Å². The fraction of sp³-hybridized carbons (Fsp3) is 0.700.